The molecular formula is C14H10ClFO2S. The topological polar surface area (TPSA) is 34.1 Å². The Morgan fingerprint density at radius 3 is 2.37 bits per heavy atom. The van der Waals surface area contributed by atoms with E-state index in [0.29, 0.717) is 15.5 Å². The van der Waals surface area contributed by atoms with Crippen LogP contribution in [0, 0.1) is 5.82 Å². The second kappa shape index (κ2) is 6.08. The van der Waals surface area contributed by atoms with Crippen molar-refractivity contribution in [3.63, 3.8) is 0 Å². The summed E-state index contributed by atoms with van der Waals surface area (Å²) in [5, 5.41) is 0.337. The second-order valence-corrected chi connectivity index (χ2v) is 5.71. The van der Waals surface area contributed by atoms with Crippen molar-refractivity contribution in [2.45, 2.75) is 4.90 Å². The van der Waals surface area contributed by atoms with Gasteiger partial charge in [0.15, 0.2) is 5.78 Å². The molecule has 0 amide bonds. The van der Waals surface area contributed by atoms with Gasteiger partial charge >= 0.3 is 0 Å². The summed E-state index contributed by atoms with van der Waals surface area (Å²) >= 11 is 5.90. The van der Waals surface area contributed by atoms with Crippen molar-refractivity contribution in [2.24, 2.45) is 0 Å². The van der Waals surface area contributed by atoms with Crippen molar-refractivity contribution in [2.75, 3.05) is 5.75 Å². The average Bonchev–Trinajstić information content (AvgIpc) is 2.39. The van der Waals surface area contributed by atoms with Crippen LogP contribution in [0.25, 0.3) is 0 Å². The van der Waals surface area contributed by atoms with Gasteiger partial charge in [-0.3, -0.25) is 9.00 Å². The Balaban J connectivity index is 2.13. The van der Waals surface area contributed by atoms with Crippen LogP contribution in [-0.2, 0) is 10.8 Å². The molecule has 0 bridgehead atoms. The summed E-state index contributed by atoms with van der Waals surface area (Å²) in [5.74, 6) is -0.874. The zero-order valence-corrected chi connectivity index (χ0v) is 11.4. The highest BCUT2D eigenvalue weighted by atomic mass is 35.5. The minimum Gasteiger partial charge on any atom is -0.293 e. The standard InChI is InChI=1S/C14H10ClFO2S/c15-13-4-2-1-3-12(13)14(17)9-19(18)11-7-5-10(16)6-8-11/h1-8H,9H2. The summed E-state index contributed by atoms with van der Waals surface area (Å²) in [6, 6.07) is 11.9. The molecule has 0 aromatic heterocycles. The molecule has 0 aliphatic heterocycles. The van der Waals surface area contributed by atoms with Crippen LogP contribution in [0.1, 0.15) is 10.4 Å². The third-order valence-corrected chi connectivity index (χ3v) is 4.16. The van der Waals surface area contributed by atoms with Gasteiger partial charge < -0.3 is 0 Å². The predicted molar refractivity (Wildman–Crippen MR) is 73.5 cm³/mol. The number of hydrogen-bond acceptors (Lipinski definition) is 2. The Labute approximate surface area is 117 Å². The first-order chi connectivity index (χ1) is 9.08. The number of ketones is 1. The lowest BCUT2D eigenvalue weighted by molar-refractivity contribution is 0.102. The van der Waals surface area contributed by atoms with E-state index in [0.717, 1.165) is 0 Å². The van der Waals surface area contributed by atoms with Crippen molar-refractivity contribution in [1.82, 2.24) is 0 Å². The fourth-order valence-electron chi connectivity index (χ4n) is 1.55. The first kappa shape index (κ1) is 13.9. The number of carbonyl (C=O) groups is 1. The van der Waals surface area contributed by atoms with E-state index in [1.807, 2.05) is 0 Å². The van der Waals surface area contributed by atoms with E-state index >= 15 is 0 Å². The molecule has 0 aliphatic carbocycles. The van der Waals surface area contributed by atoms with Gasteiger partial charge in [-0.1, -0.05) is 23.7 Å². The second-order valence-electron chi connectivity index (χ2n) is 3.85. The van der Waals surface area contributed by atoms with Crippen LogP contribution in [0.2, 0.25) is 5.02 Å². The van der Waals surface area contributed by atoms with Crippen LogP contribution in [0.5, 0.6) is 0 Å². The lowest BCUT2D eigenvalue weighted by Crippen LogP contribution is -2.11. The van der Waals surface area contributed by atoms with Gasteiger partial charge in [0.25, 0.3) is 0 Å². The normalized spacial score (nSPS) is 12.1. The molecule has 2 rings (SSSR count). The van der Waals surface area contributed by atoms with Crippen LogP contribution in [-0.4, -0.2) is 15.7 Å². The van der Waals surface area contributed by atoms with Gasteiger partial charge in [0.05, 0.1) is 21.6 Å². The summed E-state index contributed by atoms with van der Waals surface area (Å²) in [4.78, 5) is 12.4. The van der Waals surface area contributed by atoms with Crippen LogP contribution >= 0.6 is 11.6 Å². The summed E-state index contributed by atoms with van der Waals surface area (Å²) in [7, 11) is -1.51. The molecule has 0 heterocycles. The Hall–Kier alpha value is -1.52. The van der Waals surface area contributed by atoms with Gasteiger partial charge in [0.1, 0.15) is 5.82 Å². The molecule has 2 nitrogen and oxygen atoms in total. The Bertz CT molecular complexity index is 626. The lowest BCUT2D eigenvalue weighted by atomic mass is 10.1. The molecule has 1 unspecified atom stereocenters. The molecule has 2 aromatic carbocycles. The Kier molecular flexibility index (Phi) is 4.45. The maximum atomic E-state index is 12.7. The molecule has 0 N–H and O–H groups in total. The molecule has 19 heavy (non-hydrogen) atoms. The number of carbonyl (C=O) groups excluding carboxylic acids is 1. The molecule has 1 atom stereocenters. The van der Waals surface area contributed by atoms with Crippen LogP contribution in [0.4, 0.5) is 4.39 Å². The first-order valence-electron chi connectivity index (χ1n) is 5.49. The van der Waals surface area contributed by atoms with Gasteiger partial charge in [-0.05, 0) is 36.4 Å². The molecule has 0 fully saturated rings. The van der Waals surface area contributed by atoms with Crippen LogP contribution in [0.3, 0.4) is 0 Å². The Morgan fingerprint density at radius 2 is 1.74 bits per heavy atom. The van der Waals surface area contributed by atoms with Crippen molar-refractivity contribution < 1.29 is 13.4 Å². The van der Waals surface area contributed by atoms with Crippen molar-refractivity contribution in [3.05, 3.63) is 64.9 Å². The maximum absolute atomic E-state index is 12.7. The summed E-state index contributed by atoms with van der Waals surface area (Å²) in [6.45, 7) is 0. The third-order valence-electron chi connectivity index (χ3n) is 2.51. The summed E-state index contributed by atoms with van der Waals surface area (Å²) in [6.07, 6.45) is 0. The molecule has 5 heteroatoms. The van der Waals surface area contributed by atoms with Crippen LogP contribution < -0.4 is 0 Å². The maximum Gasteiger partial charge on any atom is 0.177 e. The van der Waals surface area contributed by atoms with E-state index in [4.69, 9.17) is 11.6 Å². The largest absolute Gasteiger partial charge is 0.293 e. The molecular weight excluding hydrogens is 287 g/mol. The minimum atomic E-state index is -1.51. The number of halogens is 2. The van der Waals surface area contributed by atoms with Gasteiger partial charge in [-0.15, -0.1) is 0 Å². The van der Waals surface area contributed by atoms with Crippen molar-refractivity contribution in [1.29, 1.82) is 0 Å². The monoisotopic (exact) mass is 296 g/mol. The number of hydrogen-bond donors (Lipinski definition) is 0. The quantitative estimate of drug-likeness (QED) is 0.810. The molecule has 98 valence electrons. The number of Topliss-reactive ketones (excluding diaryl/α,β-unsaturated/α-hetero) is 1. The molecule has 0 saturated carbocycles. The molecule has 0 spiro atoms. The first-order valence-corrected chi connectivity index (χ1v) is 7.19. The minimum absolute atomic E-state index is 0.171. The van der Waals surface area contributed by atoms with Crippen LogP contribution in [0.15, 0.2) is 53.4 Å². The zero-order valence-electron chi connectivity index (χ0n) is 9.81. The van der Waals surface area contributed by atoms with E-state index in [-0.39, 0.29) is 11.5 Å². The van der Waals surface area contributed by atoms with Gasteiger partial charge in [-0.25, -0.2) is 4.39 Å². The highest BCUT2D eigenvalue weighted by Crippen LogP contribution is 2.17. The molecule has 0 aliphatic rings. The predicted octanol–water partition coefficient (Wildman–Crippen LogP) is 3.47. The third kappa shape index (κ3) is 3.49. The lowest BCUT2D eigenvalue weighted by Gasteiger charge is -2.04. The fourth-order valence-corrected chi connectivity index (χ4v) is 2.79. The SMILES string of the molecule is O=C(CS(=O)c1ccc(F)cc1)c1ccccc1Cl. The zero-order chi connectivity index (χ0) is 13.8. The molecule has 2 aromatic rings. The van der Waals surface area contributed by atoms with E-state index in [1.54, 1.807) is 24.3 Å². The van der Waals surface area contributed by atoms with E-state index in [2.05, 4.69) is 0 Å². The van der Waals surface area contributed by atoms with Crippen molar-refractivity contribution in [3.8, 4) is 0 Å². The van der Waals surface area contributed by atoms with Gasteiger partial charge in [0, 0.05) is 10.5 Å². The smallest absolute Gasteiger partial charge is 0.177 e. The van der Waals surface area contributed by atoms with E-state index in [9.17, 15) is 13.4 Å². The number of benzene rings is 2. The summed E-state index contributed by atoms with van der Waals surface area (Å²) < 4.78 is 24.7. The highest BCUT2D eigenvalue weighted by molar-refractivity contribution is 7.85. The van der Waals surface area contributed by atoms with Crippen molar-refractivity contribution >= 4 is 28.2 Å². The fraction of sp³-hybridized carbons (Fsp3) is 0.0714. The van der Waals surface area contributed by atoms with E-state index in [1.165, 1.54) is 24.3 Å². The number of rotatable bonds is 4. The van der Waals surface area contributed by atoms with Gasteiger partial charge in [-0.2, -0.15) is 0 Å². The average molecular weight is 297 g/mol. The summed E-state index contributed by atoms with van der Waals surface area (Å²) in [5.41, 5.74) is 0.347. The Morgan fingerprint density at radius 1 is 1.11 bits per heavy atom. The molecule has 0 radical (unpaired) electrons. The highest BCUT2D eigenvalue weighted by Gasteiger charge is 2.14. The molecule has 0 saturated heterocycles. The van der Waals surface area contributed by atoms with E-state index < -0.39 is 16.6 Å². The van der Waals surface area contributed by atoms with Gasteiger partial charge in [0.2, 0.25) is 0 Å².